The van der Waals surface area contributed by atoms with Crippen molar-refractivity contribution in [1.82, 2.24) is 0 Å². The Bertz CT molecular complexity index is 1460. The summed E-state index contributed by atoms with van der Waals surface area (Å²) in [5.74, 6) is 3.60. The second kappa shape index (κ2) is 9.46. The summed E-state index contributed by atoms with van der Waals surface area (Å²) in [5, 5.41) is 12.0. The van der Waals surface area contributed by atoms with Crippen molar-refractivity contribution in [3.8, 4) is 34.1 Å². The van der Waals surface area contributed by atoms with Gasteiger partial charge >= 0.3 is 6.36 Å². The first-order valence-electron chi connectivity index (χ1n) is 9.69. The first-order chi connectivity index (χ1) is 16.2. The highest BCUT2D eigenvalue weighted by Crippen LogP contribution is 2.29. The molecule has 0 amide bonds. The molecule has 0 aliphatic carbocycles. The molecule has 0 bridgehead atoms. The van der Waals surface area contributed by atoms with Crippen LogP contribution in [0.15, 0.2) is 77.7 Å². The molecule has 0 N–H and O–H groups in total. The Morgan fingerprint density at radius 2 is 1.29 bits per heavy atom. The van der Waals surface area contributed by atoms with E-state index in [4.69, 9.17) is 5.26 Å². The lowest BCUT2D eigenvalue weighted by Crippen LogP contribution is -2.16. The SMILES string of the molecule is N#CSc1c(F)cc(C#Cc2ccc3cc(-c4ccc(OC(F)(F)F)cc4)ccc3c2)cc1F. The van der Waals surface area contributed by atoms with Gasteiger partial charge in [-0.2, -0.15) is 5.26 Å². The van der Waals surface area contributed by atoms with E-state index >= 15 is 0 Å². The fourth-order valence-corrected chi connectivity index (χ4v) is 3.68. The molecule has 8 heteroatoms. The lowest BCUT2D eigenvalue weighted by molar-refractivity contribution is -0.274. The number of hydrogen-bond acceptors (Lipinski definition) is 3. The van der Waals surface area contributed by atoms with E-state index in [-0.39, 0.29) is 16.2 Å². The van der Waals surface area contributed by atoms with Crippen LogP contribution >= 0.6 is 11.8 Å². The Hall–Kier alpha value is -4.01. The number of fused-ring (bicyclic) bond motifs is 1. The summed E-state index contributed by atoms with van der Waals surface area (Å²) in [7, 11) is 0. The summed E-state index contributed by atoms with van der Waals surface area (Å²) >= 11 is 0.411. The van der Waals surface area contributed by atoms with Crippen LogP contribution in [0.25, 0.3) is 21.9 Å². The largest absolute Gasteiger partial charge is 0.573 e. The molecule has 0 aromatic heterocycles. The van der Waals surface area contributed by atoms with Gasteiger partial charge in [-0.15, -0.1) is 13.2 Å². The molecule has 0 radical (unpaired) electrons. The summed E-state index contributed by atoms with van der Waals surface area (Å²) < 4.78 is 68.8. The van der Waals surface area contributed by atoms with Crippen LogP contribution in [-0.4, -0.2) is 6.36 Å². The number of benzene rings is 4. The molecule has 2 nitrogen and oxygen atoms in total. The van der Waals surface area contributed by atoms with Crippen molar-refractivity contribution in [3.05, 3.63) is 95.6 Å². The van der Waals surface area contributed by atoms with Gasteiger partial charge in [0.05, 0.1) is 4.90 Å². The lowest BCUT2D eigenvalue weighted by Gasteiger charge is -2.10. The van der Waals surface area contributed by atoms with E-state index < -0.39 is 18.0 Å². The topological polar surface area (TPSA) is 33.0 Å². The third-order valence-corrected chi connectivity index (χ3v) is 5.44. The fourth-order valence-electron chi connectivity index (χ4n) is 3.27. The molecule has 0 unspecified atom stereocenters. The molecule has 4 aromatic carbocycles. The Labute approximate surface area is 195 Å². The molecule has 4 aromatic rings. The molecule has 4 rings (SSSR count). The summed E-state index contributed by atoms with van der Waals surface area (Å²) in [5.41, 5.74) is 2.31. The van der Waals surface area contributed by atoms with Crippen molar-refractivity contribution in [1.29, 1.82) is 5.26 Å². The maximum atomic E-state index is 14.0. The molecule has 0 aliphatic heterocycles. The van der Waals surface area contributed by atoms with Gasteiger partial charge in [-0.3, -0.25) is 0 Å². The number of halogens is 5. The van der Waals surface area contributed by atoms with Crippen molar-refractivity contribution in [2.24, 2.45) is 0 Å². The normalized spacial score (nSPS) is 10.9. The van der Waals surface area contributed by atoms with Crippen molar-refractivity contribution in [3.63, 3.8) is 0 Å². The highest BCUT2D eigenvalue weighted by Gasteiger charge is 2.30. The summed E-state index contributed by atoms with van der Waals surface area (Å²) in [6.45, 7) is 0. The van der Waals surface area contributed by atoms with Gasteiger partial charge in [-0.05, 0) is 76.1 Å². The van der Waals surface area contributed by atoms with E-state index in [2.05, 4.69) is 16.6 Å². The zero-order valence-electron chi connectivity index (χ0n) is 17.1. The highest BCUT2D eigenvalue weighted by atomic mass is 32.2. The predicted molar refractivity (Wildman–Crippen MR) is 120 cm³/mol. The second-order valence-electron chi connectivity index (χ2n) is 7.06. The molecule has 34 heavy (non-hydrogen) atoms. The molecule has 168 valence electrons. The summed E-state index contributed by atoms with van der Waals surface area (Å²) in [6.07, 6.45) is -4.74. The quantitative estimate of drug-likeness (QED) is 0.130. The van der Waals surface area contributed by atoms with Crippen LogP contribution in [0.5, 0.6) is 5.75 Å². The van der Waals surface area contributed by atoms with E-state index in [1.54, 1.807) is 23.6 Å². The third-order valence-electron chi connectivity index (χ3n) is 4.76. The molecule has 0 aliphatic rings. The number of thioether (sulfide) groups is 1. The summed E-state index contributed by atoms with van der Waals surface area (Å²) in [6, 6.07) is 18.7. The maximum Gasteiger partial charge on any atom is 0.573 e. The minimum absolute atomic E-state index is 0.144. The van der Waals surface area contributed by atoms with E-state index in [0.717, 1.165) is 34.0 Å². The van der Waals surface area contributed by atoms with Crippen LogP contribution in [0.3, 0.4) is 0 Å². The van der Waals surface area contributed by atoms with Gasteiger partial charge in [0.1, 0.15) is 22.8 Å². The Morgan fingerprint density at radius 3 is 1.94 bits per heavy atom. The van der Waals surface area contributed by atoms with Gasteiger partial charge < -0.3 is 4.74 Å². The van der Waals surface area contributed by atoms with Crippen molar-refractivity contribution in [2.45, 2.75) is 11.3 Å². The highest BCUT2D eigenvalue weighted by molar-refractivity contribution is 8.03. The van der Waals surface area contributed by atoms with Gasteiger partial charge in [0, 0.05) is 11.1 Å². The van der Waals surface area contributed by atoms with E-state index in [1.807, 2.05) is 30.3 Å². The standard InChI is InChI=1S/C26H12F5NOS/c27-23-12-17(13-24(28)25(23)34-15-32)2-1-16-3-4-21-14-20(6-5-19(21)11-16)18-7-9-22(10-8-18)33-26(29,30)31/h3-14H. The van der Waals surface area contributed by atoms with E-state index in [1.165, 1.54) is 12.1 Å². The molecule has 0 fully saturated rings. The average molecular weight is 481 g/mol. The molecular weight excluding hydrogens is 469 g/mol. The molecule has 0 atom stereocenters. The smallest absolute Gasteiger partial charge is 0.406 e. The van der Waals surface area contributed by atoms with Crippen molar-refractivity contribution < 1.29 is 26.7 Å². The fraction of sp³-hybridized carbons (Fsp3) is 0.0385. The van der Waals surface area contributed by atoms with Crippen LogP contribution in [0.4, 0.5) is 22.0 Å². The van der Waals surface area contributed by atoms with Crippen LogP contribution in [0, 0.1) is 34.1 Å². The zero-order valence-corrected chi connectivity index (χ0v) is 17.9. The molecule has 0 spiro atoms. The van der Waals surface area contributed by atoms with Gasteiger partial charge in [-0.1, -0.05) is 42.2 Å². The lowest BCUT2D eigenvalue weighted by atomic mass is 10.00. The number of ether oxygens (including phenoxy) is 1. The molecular formula is C26H12F5NOS. The zero-order chi connectivity index (χ0) is 24.3. The third kappa shape index (κ3) is 5.48. The average Bonchev–Trinajstić information content (AvgIpc) is 2.79. The molecule has 0 heterocycles. The van der Waals surface area contributed by atoms with Crippen LogP contribution in [-0.2, 0) is 0 Å². The number of nitrogens with zero attached hydrogens (tertiary/aromatic N) is 1. The Kier molecular flexibility index (Phi) is 6.45. The maximum absolute atomic E-state index is 14.0. The van der Waals surface area contributed by atoms with Crippen LogP contribution in [0.2, 0.25) is 0 Å². The first kappa shape index (κ1) is 23.2. The van der Waals surface area contributed by atoms with E-state index in [9.17, 15) is 22.0 Å². The minimum atomic E-state index is -4.74. The number of alkyl halides is 3. The molecule has 0 saturated heterocycles. The van der Waals surface area contributed by atoms with Crippen molar-refractivity contribution >= 4 is 22.5 Å². The van der Waals surface area contributed by atoms with Crippen LogP contribution < -0.4 is 4.74 Å². The number of rotatable bonds is 3. The first-order valence-corrected chi connectivity index (χ1v) is 10.5. The van der Waals surface area contributed by atoms with Gasteiger partial charge in [0.25, 0.3) is 0 Å². The summed E-state index contributed by atoms with van der Waals surface area (Å²) in [4.78, 5) is -0.364. The second-order valence-corrected chi connectivity index (χ2v) is 7.86. The number of nitriles is 1. The predicted octanol–water partition coefficient (Wildman–Crippen LogP) is 7.66. The molecule has 0 saturated carbocycles. The van der Waals surface area contributed by atoms with Gasteiger partial charge in [-0.25, -0.2) is 8.78 Å². The minimum Gasteiger partial charge on any atom is -0.406 e. The Morgan fingerprint density at radius 1 is 0.706 bits per heavy atom. The van der Waals surface area contributed by atoms with Crippen LogP contribution in [0.1, 0.15) is 11.1 Å². The van der Waals surface area contributed by atoms with E-state index in [0.29, 0.717) is 17.3 Å². The van der Waals surface area contributed by atoms with Gasteiger partial charge in [0.15, 0.2) is 0 Å². The van der Waals surface area contributed by atoms with Gasteiger partial charge in [0.2, 0.25) is 0 Å². The Balaban J connectivity index is 1.57. The monoisotopic (exact) mass is 481 g/mol. The number of thiocyanates is 1. The van der Waals surface area contributed by atoms with Crippen molar-refractivity contribution in [2.75, 3.05) is 0 Å². The number of hydrogen-bond donors (Lipinski definition) is 0.